The number of alkyl carbamates (subject to hydrolysis) is 1. The first-order valence-corrected chi connectivity index (χ1v) is 11.3. The van der Waals surface area contributed by atoms with E-state index in [9.17, 15) is 9.59 Å². The average molecular weight is 417 g/mol. The maximum absolute atomic E-state index is 13.2. The summed E-state index contributed by atoms with van der Waals surface area (Å²) in [6, 6.07) is 0.178. The number of nitrogens with one attached hydrogen (secondary N) is 1. The highest BCUT2D eigenvalue weighted by atomic mass is 16.6. The standard InChI is InChI=1S/C23H36N4O3/c1-5-6-14-23(25-26-23)15-11-19(28)27-16-8-7-10-18(27)22(12-9-13-22)17-24-20(29)30-21(2,3)4/h1,18H,6-17H2,2-4H3,(H,24,29). The molecule has 0 aromatic heterocycles. The smallest absolute Gasteiger partial charge is 0.407 e. The molecule has 0 radical (unpaired) electrons. The molecule has 1 unspecified atom stereocenters. The Morgan fingerprint density at radius 2 is 1.93 bits per heavy atom. The van der Waals surface area contributed by atoms with E-state index in [1.165, 1.54) is 0 Å². The lowest BCUT2D eigenvalue weighted by molar-refractivity contribution is -0.141. The molecule has 2 fully saturated rings. The third-order valence-electron chi connectivity index (χ3n) is 6.65. The molecular formula is C23H36N4O3. The Hall–Kier alpha value is -2.10. The van der Waals surface area contributed by atoms with E-state index in [-0.39, 0.29) is 23.5 Å². The lowest BCUT2D eigenvalue weighted by Gasteiger charge is -2.53. The Morgan fingerprint density at radius 3 is 2.50 bits per heavy atom. The normalized spacial score (nSPS) is 23.8. The SMILES string of the molecule is C#CCCC1(CCC(=O)N2CCCCC2C2(CNC(=O)OC(C)(C)C)CCC2)N=N1. The second-order valence-corrected chi connectivity index (χ2v) is 10.1. The molecule has 1 saturated carbocycles. The quantitative estimate of drug-likeness (QED) is 0.595. The molecule has 7 heteroatoms. The lowest BCUT2D eigenvalue weighted by Crippen LogP contribution is -2.59. The van der Waals surface area contributed by atoms with Gasteiger partial charge >= 0.3 is 6.09 Å². The molecular weight excluding hydrogens is 380 g/mol. The molecule has 3 rings (SSSR count). The number of hydrogen-bond acceptors (Lipinski definition) is 5. The summed E-state index contributed by atoms with van der Waals surface area (Å²) in [5, 5.41) is 11.3. The van der Waals surface area contributed by atoms with Gasteiger partial charge in [-0.1, -0.05) is 6.42 Å². The van der Waals surface area contributed by atoms with E-state index in [0.717, 1.165) is 51.5 Å². The molecule has 1 aliphatic carbocycles. The van der Waals surface area contributed by atoms with E-state index in [0.29, 0.717) is 25.8 Å². The summed E-state index contributed by atoms with van der Waals surface area (Å²) in [4.78, 5) is 27.4. The average Bonchev–Trinajstić information content (AvgIpc) is 3.43. The van der Waals surface area contributed by atoms with Gasteiger partial charge in [0.15, 0.2) is 5.66 Å². The number of likely N-dealkylation sites (tertiary alicyclic amines) is 1. The fourth-order valence-corrected chi connectivity index (χ4v) is 4.81. The van der Waals surface area contributed by atoms with Crippen molar-refractivity contribution in [3.05, 3.63) is 0 Å². The van der Waals surface area contributed by atoms with Crippen molar-refractivity contribution in [2.45, 2.75) is 102 Å². The monoisotopic (exact) mass is 416 g/mol. The molecule has 2 amide bonds. The van der Waals surface area contributed by atoms with Crippen LogP contribution in [0.2, 0.25) is 0 Å². The largest absolute Gasteiger partial charge is 0.444 e. The van der Waals surface area contributed by atoms with Crippen LogP contribution in [0.5, 0.6) is 0 Å². The number of amides is 2. The van der Waals surface area contributed by atoms with Crippen molar-refractivity contribution in [1.82, 2.24) is 10.2 Å². The number of hydrogen-bond donors (Lipinski definition) is 1. The zero-order valence-electron chi connectivity index (χ0n) is 18.7. The van der Waals surface area contributed by atoms with Gasteiger partial charge in [-0.25, -0.2) is 4.79 Å². The predicted molar refractivity (Wildman–Crippen MR) is 115 cm³/mol. The third-order valence-corrected chi connectivity index (χ3v) is 6.65. The number of nitrogens with zero attached hydrogens (tertiary/aromatic N) is 3. The maximum Gasteiger partial charge on any atom is 0.407 e. The zero-order valence-corrected chi connectivity index (χ0v) is 18.7. The Bertz CT molecular complexity index is 709. The summed E-state index contributed by atoms with van der Waals surface area (Å²) in [6.07, 6.45) is 13.8. The number of carbonyl (C=O) groups is 2. The molecule has 2 aliphatic heterocycles. The molecule has 0 spiro atoms. The number of piperidine rings is 1. The summed E-state index contributed by atoms with van der Waals surface area (Å²) in [7, 11) is 0. The highest BCUT2D eigenvalue weighted by molar-refractivity contribution is 5.77. The van der Waals surface area contributed by atoms with Gasteiger partial charge in [0.1, 0.15) is 5.60 Å². The van der Waals surface area contributed by atoms with E-state index in [4.69, 9.17) is 11.2 Å². The first kappa shape index (κ1) is 22.6. The van der Waals surface area contributed by atoms with Crippen LogP contribution in [-0.4, -0.2) is 47.3 Å². The van der Waals surface area contributed by atoms with Crippen LogP contribution in [0.4, 0.5) is 4.79 Å². The summed E-state index contributed by atoms with van der Waals surface area (Å²) in [6.45, 7) is 6.95. The van der Waals surface area contributed by atoms with Gasteiger partial charge in [-0.3, -0.25) is 4.79 Å². The molecule has 1 saturated heterocycles. The van der Waals surface area contributed by atoms with Crippen LogP contribution in [0.25, 0.3) is 0 Å². The summed E-state index contributed by atoms with van der Waals surface area (Å²) >= 11 is 0. The van der Waals surface area contributed by atoms with Gasteiger partial charge < -0.3 is 15.0 Å². The van der Waals surface area contributed by atoms with Crippen molar-refractivity contribution < 1.29 is 14.3 Å². The number of carbonyl (C=O) groups excluding carboxylic acids is 2. The van der Waals surface area contributed by atoms with E-state index >= 15 is 0 Å². The highest BCUT2D eigenvalue weighted by Gasteiger charge is 2.49. The zero-order chi connectivity index (χ0) is 21.8. The number of terminal acetylenes is 1. The van der Waals surface area contributed by atoms with Crippen LogP contribution in [0, 0.1) is 17.8 Å². The van der Waals surface area contributed by atoms with Crippen molar-refractivity contribution in [3.8, 4) is 12.3 Å². The van der Waals surface area contributed by atoms with Crippen molar-refractivity contribution >= 4 is 12.0 Å². The number of ether oxygens (including phenoxy) is 1. The molecule has 30 heavy (non-hydrogen) atoms. The van der Waals surface area contributed by atoms with Crippen LogP contribution >= 0.6 is 0 Å². The molecule has 1 N–H and O–H groups in total. The maximum atomic E-state index is 13.2. The summed E-state index contributed by atoms with van der Waals surface area (Å²) < 4.78 is 5.41. The molecule has 0 aromatic rings. The van der Waals surface area contributed by atoms with E-state index in [1.54, 1.807) is 0 Å². The Kier molecular flexibility index (Phi) is 6.74. The van der Waals surface area contributed by atoms with Crippen molar-refractivity contribution in [3.63, 3.8) is 0 Å². The molecule has 0 bridgehead atoms. The minimum Gasteiger partial charge on any atom is -0.444 e. The minimum absolute atomic E-state index is 0.0392. The van der Waals surface area contributed by atoms with Crippen LogP contribution in [0.1, 0.15) is 85.0 Å². The van der Waals surface area contributed by atoms with Crippen LogP contribution < -0.4 is 5.32 Å². The Labute approximate surface area is 180 Å². The Balaban J connectivity index is 1.58. The summed E-state index contributed by atoms with van der Waals surface area (Å²) in [5.41, 5.74) is -0.972. The van der Waals surface area contributed by atoms with Gasteiger partial charge in [0.2, 0.25) is 5.91 Å². The first-order chi connectivity index (χ1) is 14.2. The Morgan fingerprint density at radius 1 is 1.20 bits per heavy atom. The van der Waals surface area contributed by atoms with Gasteiger partial charge in [-0.05, 0) is 52.9 Å². The molecule has 166 valence electrons. The van der Waals surface area contributed by atoms with Crippen molar-refractivity contribution in [2.75, 3.05) is 13.1 Å². The van der Waals surface area contributed by atoms with Gasteiger partial charge in [-0.2, -0.15) is 10.2 Å². The fraction of sp³-hybridized carbons (Fsp3) is 0.826. The highest BCUT2D eigenvalue weighted by Crippen LogP contribution is 2.48. The van der Waals surface area contributed by atoms with E-state index in [1.807, 2.05) is 20.8 Å². The predicted octanol–water partition coefficient (Wildman–Crippen LogP) is 4.42. The number of rotatable bonds is 8. The lowest BCUT2D eigenvalue weighted by atomic mass is 9.61. The van der Waals surface area contributed by atoms with Gasteiger partial charge in [0, 0.05) is 50.2 Å². The summed E-state index contributed by atoms with van der Waals surface area (Å²) in [5.74, 6) is 2.82. The van der Waals surface area contributed by atoms with E-state index < -0.39 is 11.3 Å². The van der Waals surface area contributed by atoms with E-state index in [2.05, 4.69) is 26.4 Å². The second-order valence-electron chi connectivity index (χ2n) is 10.1. The van der Waals surface area contributed by atoms with Crippen molar-refractivity contribution in [2.24, 2.45) is 15.6 Å². The fourth-order valence-electron chi connectivity index (χ4n) is 4.81. The first-order valence-electron chi connectivity index (χ1n) is 11.3. The third kappa shape index (κ3) is 5.53. The molecule has 7 nitrogen and oxygen atoms in total. The van der Waals surface area contributed by atoms with Crippen molar-refractivity contribution in [1.29, 1.82) is 0 Å². The molecule has 0 aromatic carbocycles. The molecule has 3 aliphatic rings. The molecule has 1 atom stereocenters. The second kappa shape index (κ2) is 8.95. The van der Waals surface area contributed by atoms with Gasteiger partial charge in [0.25, 0.3) is 0 Å². The van der Waals surface area contributed by atoms with Gasteiger partial charge in [0.05, 0.1) is 0 Å². The van der Waals surface area contributed by atoms with Gasteiger partial charge in [-0.15, -0.1) is 12.3 Å². The molecule has 2 heterocycles. The van der Waals surface area contributed by atoms with Crippen LogP contribution in [0.3, 0.4) is 0 Å². The van der Waals surface area contributed by atoms with Crippen LogP contribution in [0.15, 0.2) is 10.2 Å². The van der Waals surface area contributed by atoms with Crippen LogP contribution in [-0.2, 0) is 9.53 Å². The topological polar surface area (TPSA) is 83.4 Å². The minimum atomic E-state index is -0.516.